The van der Waals surface area contributed by atoms with Crippen molar-refractivity contribution in [3.05, 3.63) is 76.6 Å². The van der Waals surface area contributed by atoms with E-state index in [0.717, 1.165) is 6.20 Å². The maximum atomic E-state index is 12.5. The van der Waals surface area contributed by atoms with Crippen LogP contribution in [0.4, 0.5) is 0 Å². The quantitative estimate of drug-likeness (QED) is 0.658. The molecule has 3 aromatic rings. The molecule has 1 aliphatic heterocycles. The monoisotopic (exact) mass is 368 g/mol. The Bertz CT molecular complexity index is 1030. The number of amides is 2. The molecule has 1 aromatic heterocycles. The minimum absolute atomic E-state index is 0.0883. The molecule has 0 fully saturated rings. The van der Waals surface area contributed by atoms with E-state index in [4.69, 9.17) is 16.4 Å². The van der Waals surface area contributed by atoms with Crippen molar-refractivity contribution in [1.29, 1.82) is 0 Å². The minimum atomic E-state index is -0.968. The van der Waals surface area contributed by atoms with Gasteiger partial charge in [0.25, 0.3) is 11.8 Å². The van der Waals surface area contributed by atoms with Gasteiger partial charge < -0.3 is 4.84 Å². The second kappa shape index (κ2) is 6.08. The predicted molar refractivity (Wildman–Crippen MR) is 88.7 cm³/mol. The number of nitrogens with zero attached hydrogens (tertiary/aromatic N) is 4. The zero-order chi connectivity index (χ0) is 18.3. The maximum absolute atomic E-state index is 12.5. The van der Waals surface area contributed by atoms with Crippen LogP contribution in [0.15, 0.2) is 54.7 Å². The summed E-state index contributed by atoms with van der Waals surface area (Å²) in [5, 5.41) is 8.26. The summed E-state index contributed by atoms with van der Waals surface area (Å²) in [6.45, 7) is 0. The normalized spacial score (nSPS) is 13.0. The lowest BCUT2D eigenvalue weighted by molar-refractivity contribution is -0.0590. The zero-order valence-corrected chi connectivity index (χ0v) is 13.8. The lowest BCUT2D eigenvalue weighted by Gasteiger charge is -2.13. The first kappa shape index (κ1) is 16.0. The van der Waals surface area contributed by atoms with Crippen molar-refractivity contribution < 1.29 is 19.2 Å². The van der Waals surface area contributed by atoms with Gasteiger partial charge >= 0.3 is 5.97 Å². The van der Waals surface area contributed by atoms with E-state index in [9.17, 15) is 14.4 Å². The highest BCUT2D eigenvalue weighted by Crippen LogP contribution is 2.24. The van der Waals surface area contributed by atoms with E-state index >= 15 is 0 Å². The number of carbonyl (C=O) groups excluding carboxylic acids is 3. The Morgan fingerprint density at radius 1 is 0.962 bits per heavy atom. The van der Waals surface area contributed by atoms with E-state index in [1.807, 2.05) is 0 Å². The first-order valence-electron chi connectivity index (χ1n) is 7.43. The van der Waals surface area contributed by atoms with E-state index in [0.29, 0.717) is 15.8 Å². The summed E-state index contributed by atoms with van der Waals surface area (Å²) in [7, 11) is 0. The maximum Gasteiger partial charge on any atom is 0.383 e. The van der Waals surface area contributed by atoms with Gasteiger partial charge in [0.05, 0.1) is 28.0 Å². The molecule has 0 atom stereocenters. The molecular weight excluding hydrogens is 360 g/mol. The first-order valence-corrected chi connectivity index (χ1v) is 7.81. The number of halogens is 1. The number of aromatic nitrogens is 3. The Labute approximate surface area is 151 Å². The number of imide groups is 1. The van der Waals surface area contributed by atoms with Crippen LogP contribution in [0.25, 0.3) is 5.69 Å². The van der Waals surface area contributed by atoms with Crippen LogP contribution in [0.5, 0.6) is 0 Å². The fourth-order valence-corrected chi connectivity index (χ4v) is 2.77. The second-order valence-electron chi connectivity index (χ2n) is 5.31. The Morgan fingerprint density at radius 2 is 1.58 bits per heavy atom. The second-order valence-corrected chi connectivity index (χ2v) is 5.72. The topological polar surface area (TPSA) is 94.4 Å². The van der Waals surface area contributed by atoms with Crippen molar-refractivity contribution >= 4 is 29.4 Å². The van der Waals surface area contributed by atoms with Gasteiger partial charge in [-0.05, 0) is 24.3 Å². The van der Waals surface area contributed by atoms with Crippen LogP contribution in [0.2, 0.25) is 5.02 Å². The Morgan fingerprint density at radius 3 is 2.23 bits per heavy atom. The third-order valence-corrected chi connectivity index (χ3v) is 4.09. The molecule has 1 aliphatic rings. The molecule has 0 spiro atoms. The van der Waals surface area contributed by atoms with Crippen LogP contribution >= 0.6 is 11.6 Å². The highest BCUT2D eigenvalue weighted by molar-refractivity contribution is 6.32. The Balaban J connectivity index is 1.64. The summed E-state index contributed by atoms with van der Waals surface area (Å²) < 4.78 is 1.17. The summed E-state index contributed by atoms with van der Waals surface area (Å²) in [5.74, 6) is -2.39. The van der Waals surface area contributed by atoms with E-state index in [-0.39, 0.29) is 16.8 Å². The molecule has 128 valence electrons. The van der Waals surface area contributed by atoms with Crippen molar-refractivity contribution in [2.45, 2.75) is 0 Å². The van der Waals surface area contributed by atoms with Gasteiger partial charge in [-0.25, -0.2) is 9.48 Å². The van der Waals surface area contributed by atoms with Gasteiger partial charge in [-0.15, -0.1) is 5.10 Å². The number of fused-ring (bicyclic) bond motifs is 1. The average molecular weight is 369 g/mol. The van der Waals surface area contributed by atoms with Crippen molar-refractivity contribution in [1.82, 2.24) is 20.1 Å². The highest BCUT2D eigenvalue weighted by Gasteiger charge is 2.39. The number of benzene rings is 2. The lowest BCUT2D eigenvalue weighted by atomic mass is 10.1. The molecule has 0 bridgehead atoms. The van der Waals surface area contributed by atoms with Crippen LogP contribution in [0, 0.1) is 0 Å². The number of carbonyl (C=O) groups is 3. The fraction of sp³-hybridized carbons (Fsp3) is 0. The molecule has 0 unspecified atom stereocenters. The molecule has 0 saturated heterocycles. The van der Waals surface area contributed by atoms with Gasteiger partial charge in [-0.3, -0.25) is 9.59 Å². The molecule has 0 radical (unpaired) electrons. The zero-order valence-electron chi connectivity index (χ0n) is 13.0. The largest absolute Gasteiger partial charge is 0.383 e. The first-order chi connectivity index (χ1) is 12.6. The average Bonchev–Trinajstić information content (AvgIpc) is 3.22. The molecule has 0 N–H and O–H groups in total. The van der Waals surface area contributed by atoms with Gasteiger partial charge in [-0.1, -0.05) is 46.1 Å². The summed E-state index contributed by atoms with van der Waals surface area (Å²) in [6, 6.07) is 12.9. The van der Waals surface area contributed by atoms with E-state index in [1.54, 1.807) is 36.4 Å². The van der Waals surface area contributed by atoms with Crippen LogP contribution in [-0.4, -0.2) is 37.8 Å². The van der Waals surface area contributed by atoms with Gasteiger partial charge in [0, 0.05) is 0 Å². The van der Waals surface area contributed by atoms with Crippen LogP contribution in [-0.2, 0) is 4.84 Å². The van der Waals surface area contributed by atoms with Crippen molar-refractivity contribution in [3.63, 3.8) is 0 Å². The molecule has 2 heterocycles. The highest BCUT2D eigenvalue weighted by atomic mass is 35.5. The molecule has 4 rings (SSSR count). The van der Waals surface area contributed by atoms with E-state index in [1.165, 1.54) is 16.8 Å². The smallest absolute Gasteiger partial charge is 0.322 e. The van der Waals surface area contributed by atoms with Crippen LogP contribution < -0.4 is 0 Å². The molecular formula is C17H9ClN4O4. The van der Waals surface area contributed by atoms with Gasteiger partial charge in [0.2, 0.25) is 0 Å². The molecule has 8 nitrogen and oxygen atoms in total. The SMILES string of the molecule is O=C(ON1C(=O)c2ccccc2C1=O)c1cnnn1-c1ccccc1Cl. The summed E-state index contributed by atoms with van der Waals surface area (Å²) in [4.78, 5) is 42.1. The lowest BCUT2D eigenvalue weighted by Crippen LogP contribution is -2.33. The van der Waals surface area contributed by atoms with Crippen molar-refractivity contribution in [2.24, 2.45) is 0 Å². The molecule has 0 saturated carbocycles. The standard InChI is InChI=1S/C17H9ClN4O4/c18-12-7-3-4-8-13(12)21-14(9-19-20-21)17(25)26-22-15(23)10-5-1-2-6-11(10)16(22)24/h1-9H. The van der Waals surface area contributed by atoms with Crippen molar-refractivity contribution in [2.75, 3.05) is 0 Å². The number of hydroxylamine groups is 2. The van der Waals surface area contributed by atoms with E-state index < -0.39 is 17.8 Å². The molecule has 26 heavy (non-hydrogen) atoms. The number of rotatable bonds is 3. The summed E-state index contributed by atoms with van der Waals surface area (Å²) in [5.41, 5.74) is 0.654. The summed E-state index contributed by atoms with van der Waals surface area (Å²) >= 11 is 6.11. The molecule has 9 heteroatoms. The number of para-hydroxylation sites is 1. The third-order valence-electron chi connectivity index (χ3n) is 3.77. The van der Waals surface area contributed by atoms with Gasteiger partial charge in [0.1, 0.15) is 0 Å². The third kappa shape index (κ3) is 2.44. The fourth-order valence-electron chi connectivity index (χ4n) is 2.56. The van der Waals surface area contributed by atoms with Gasteiger partial charge in [0.15, 0.2) is 5.69 Å². The molecule has 0 aliphatic carbocycles. The van der Waals surface area contributed by atoms with Crippen LogP contribution in [0.3, 0.4) is 0 Å². The van der Waals surface area contributed by atoms with Crippen LogP contribution in [0.1, 0.15) is 31.2 Å². The Kier molecular flexibility index (Phi) is 3.74. The molecule has 2 aromatic carbocycles. The predicted octanol–water partition coefficient (Wildman–Crippen LogP) is 2.29. The molecule has 2 amide bonds. The number of hydrogen-bond acceptors (Lipinski definition) is 6. The summed E-state index contributed by atoms with van der Waals surface area (Å²) in [6.07, 6.45) is 1.16. The van der Waals surface area contributed by atoms with Crippen molar-refractivity contribution in [3.8, 4) is 5.69 Å². The van der Waals surface area contributed by atoms with E-state index in [2.05, 4.69) is 10.3 Å². The van der Waals surface area contributed by atoms with Gasteiger partial charge in [-0.2, -0.15) is 0 Å². The Hall–Kier alpha value is -3.52. The minimum Gasteiger partial charge on any atom is -0.322 e. The number of hydrogen-bond donors (Lipinski definition) is 0.